The van der Waals surface area contributed by atoms with Crippen LogP contribution in [-0.2, 0) is 9.53 Å². The number of hydrogen-bond donors (Lipinski definition) is 0. The van der Waals surface area contributed by atoms with Crippen molar-refractivity contribution in [1.82, 2.24) is 4.90 Å². The molecule has 2 aliphatic heterocycles. The largest absolute Gasteiger partial charge is 0.381 e. The fourth-order valence-electron chi connectivity index (χ4n) is 2.70. The highest BCUT2D eigenvalue weighted by atomic mass is 16.5. The van der Waals surface area contributed by atoms with Gasteiger partial charge in [-0.25, -0.2) is 0 Å². The van der Waals surface area contributed by atoms with Gasteiger partial charge in [-0.3, -0.25) is 4.79 Å². The Balaban J connectivity index is 2.13. The fraction of sp³-hybridized carbons (Fsp3) is 0.900. The zero-order valence-electron chi connectivity index (χ0n) is 8.21. The Labute approximate surface area is 79.0 Å². The summed E-state index contributed by atoms with van der Waals surface area (Å²) in [5.41, 5.74) is 0.171. The molecule has 0 saturated carbocycles. The topological polar surface area (TPSA) is 29.5 Å². The Kier molecular flexibility index (Phi) is 2.28. The molecule has 0 aliphatic carbocycles. The predicted molar refractivity (Wildman–Crippen MR) is 49.4 cm³/mol. The lowest BCUT2D eigenvalue weighted by Gasteiger charge is -2.41. The highest BCUT2D eigenvalue weighted by Gasteiger charge is 2.43. The highest BCUT2D eigenvalue weighted by Crippen LogP contribution is 2.37. The highest BCUT2D eigenvalue weighted by molar-refractivity contribution is 5.74. The van der Waals surface area contributed by atoms with E-state index in [0.29, 0.717) is 0 Å². The summed E-state index contributed by atoms with van der Waals surface area (Å²) >= 11 is 0. The monoisotopic (exact) mass is 183 g/mol. The van der Waals surface area contributed by atoms with Crippen LogP contribution in [0.25, 0.3) is 0 Å². The summed E-state index contributed by atoms with van der Waals surface area (Å²) in [5.74, 6) is 0.236. The first-order valence-corrected chi connectivity index (χ1v) is 5.11. The van der Waals surface area contributed by atoms with Crippen LogP contribution in [0.15, 0.2) is 0 Å². The summed E-state index contributed by atoms with van der Waals surface area (Å²) in [4.78, 5) is 13.5. The summed E-state index contributed by atoms with van der Waals surface area (Å²) in [6.07, 6.45) is 4.41. The quantitative estimate of drug-likeness (QED) is 0.564. The van der Waals surface area contributed by atoms with Crippen LogP contribution in [0, 0.1) is 0 Å². The Morgan fingerprint density at radius 1 is 1.31 bits per heavy atom. The zero-order valence-corrected chi connectivity index (χ0v) is 8.21. The minimum atomic E-state index is 0.171. The number of rotatable bonds is 0. The molecule has 0 aromatic heterocycles. The lowest BCUT2D eigenvalue weighted by atomic mass is 9.87. The van der Waals surface area contributed by atoms with Crippen molar-refractivity contribution in [3.63, 3.8) is 0 Å². The summed E-state index contributed by atoms with van der Waals surface area (Å²) in [6.45, 7) is 4.28. The van der Waals surface area contributed by atoms with Crippen molar-refractivity contribution in [3.05, 3.63) is 0 Å². The SMILES string of the molecule is CC(=O)N1CCCC12CCOCC2. The van der Waals surface area contributed by atoms with E-state index in [1.165, 1.54) is 12.8 Å². The Morgan fingerprint density at radius 2 is 2.00 bits per heavy atom. The van der Waals surface area contributed by atoms with Gasteiger partial charge in [-0.15, -0.1) is 0 Å². The van der Waals surface area contributed by atoms with E-state index in [0.717, 1.165) is 32.6 Å². The molecule has 2 aliphatic rings. The van der Waals surface area contributed by atoms with Crippen LogP contribution in [-0.4, -0.2) is 36.1 Å². The number of carbonyl (C=O) groups excluding carboxylic acids is 1. The van der Waals surface area contributed by atoms with Crippen molar-refractivity contribution >= 4 is 5.91 Å². The van der Waals surface area contributed by atoms with E-state index in [-0.39, 0.29) is 11.4 Å². The predicted octanol–water partition coefficient (Wildman–Crippen LogP) is 1.18. The minimum Gasteiger partial charge on any atom is -0.381 e. The van der Waals surface area contributed by atoms with Crippen molar-refractivity contribution in [2.75, 3.05) is 19.8 Å². The average Bonchev–Trinajstić information content (AvgIpc) is 2.50. The molecule has 13 heavy (non-hydrogen) atoms. The molecule has 2 heterocycles. The van der Waals surface area contributed by atoms with E-state index in [1.54, 1.807) is 6.92 Å². The van der Waals surface area contributed by atoms with Crippen LogP contribution in [0.2, 0.25) is 0 Å². The van der Waals surface area contributed by atoms with Crippen LogP contribution >= 0.6 is 0 Å². The molecule has 2 fully saturated rings. The second-order valence-corrected chi connectivity index (χ2v) is 4.11. The van der Waals surface area contributed by atoms with Gasteiger partial charge in [0.2, 0.25) is 5.91 Å². The molecule has 0 radical (unpaired) electrons. The van der Waals surface area contributed by atoms with Crippen LogP contribution < -0.4 is 0 Å². The van der Waals surface area contributed by atoms with E-state index >= 15 is 0 Å². The third-order valence-electron chi connectivity index (χ3n) is 3.40. The molecule has 74 valence electrons. The molecule has 3 heteroatoms. The van der Waals surface area contributed by atoms with Gasteiger partial charge in [0.1, 0.15) is 0 Å². The Morgan fingerprint density at radius 3 is 2.62 bits per heavy atom. The summed E-state index contributed by atoms with van der Waals surface area (Å²) in [7, 11) is 0. The van der Waals surface area contributed by atoms with Crippen molar-refractivity contribution in [3.8, 4) is 0 Å². The first-order valence-electron chi connectivity index (χ1n) is 5.11. The number of nitrogens with zero attached hydrogens (tertiary/aromatic N) is 1. The van der Waals surface area contributed by atoms with Gasteiger partial charge in [-0.05, 0) is 25.7 Å². The lowest BCUT2D eigenvalue weighted by molar-refractivity contribution is -0.136. The second kappa shape index (κ2) is 3.29. The van der Waals surface area contributed by atoms with Crippen molar-refractivity contribution in [1.29, 1.82) is 0 Å². The van der Waals surface area contributed by atoms with E-state index < -0.39 is 0 Å². The van der Waals surface area contributed by atoms with E-state index in [1.807, 2.05) is 0 Å². The van der Waals surface area contributed by atoms with Gasteiger partial charge in [0.25, 0.3) is 0 Å². The average molecular weight is 183 g/mol. The van der Waals surface area contributed by atoms with E-state index in [4.69, 9.17) is 4.74 Å². The third kappa shape index (κ3) is 1.46. The molecular formula is C10H17NO2. The smallest absolute Gasteiger partial charge is 0.219 e. The molecule has 0 N–H and O–H groups in total. The van der Waals surface area contributed by atoms with Gasteiger partial charge in [-0.2, -0.15) is 0 Å². The van der Waals surface area contributed by atoms with E-state index in [2.05, 4.69) is 4.90 Å². The molecule has 1 amide bonds. The van der Waals surface area contributed by atoms with Crippen molar-refractivity contribution in [2.45, 2.75) is 38.1 Å². The maximum atomic E-state index is 11.4. The third-order valence-corrected chi connectivity index (χ3v) is 3.40. The minimum absolute atomic E-state index is 0.171. The number of hydrogen-bond acceptors (Lipinski definition) is 2. The molecule has 0 aromatic rings. The number of likely N-dealkylation sites (tertiary alicyclic amines) is 1. The molecule has 0 unspecified atom stereocenters. The van der Waals surface area contributed by atoms with Gasteiger partial charge in [-0.1, -0.05) is 0 Å². The maximum Gasteiger partial charge on any atom is 0.219 e. The first kappa shape index (κ1) is 9.00. The van der Waals surface area contributed by atoms with Crippen LogP contribution in [0.4, 0.5) is 0 Å². The summed E-state index contributed by atoms with van der Waals surface area (Å²) in [5, 5.41) is 0. The van der Waals surface area contributed by atoms with Gasteiger partial charge in [0.05, 0.1) is 0 Å². The Bertz CT molecular complexity index is 209. The zero-order chi connectivity index (χ0) is 9.31. The van der Waals surface area contributed by atoms with Crippen LogP contribution in [0.3, 0.4) is 0 Å². The van der Waals surface area contributed by atoms with Gasteiger partial charge < -0.3 is 9.64 Å². The number of ether oxygens (including phenoxy) is 1. The summed E-state index contributed by atoms with van der Waals surface area (Å²) in [6, 6.07) is 0. The molecule has 2 saturated heterocycles. The molecule has 3 nitrogen and oxygen atoms in total. The number of amides is 1. The van der Waals surface area contributed by atoms with Crippen molar-refractivity contribution in [2.24, 2.45) is 0 Å². The first-order chi connectivity index (χ1) is 6.25. The van der Waals surface area contributed by atoms with Gasteiger partial charge >= 0.3 is 0 Å². The van der Waals surface area contributed by atoms with Gasteiger partial charge in [0.15, 0.2) is 0 Å². The Hall–Kier alpha value is -0.570. The van der Waals surface area contributed by atoms with Crippen LogP contribution in [0.5, 0.6) is 0 Å². The fourth-order valence-corrected chi connectivity index (χ4v) is 2.70. The van der Waals surface area contributed by atoms with Gasteiger partial charge in [0, 0.05) is 32.2 Å². The molecule has 0 bridgehead atoms. The van der Waals surface area contributed by atoms with Crippen LogP contribution in [0.1, 0.15) is 32.6 Å². The lowest BCUT2D eigenvalue weighted by Crippen LogP contribution is -2.49. The standard InChI is InChI=1S/C10H17NO2/c1-9(12)11-6-2-3-10(11)4-7-13-8-5-10/h2-8H2,1H3. The summed E-state index contributed by atoms with van der Waals surface area (Å²) < 4.78 is 5.35. The molecular weight excluding hydrogens is 166 g/mol. The molecule has 2 rings (SSSR count). The normalized spacial score (nSPS) is 26.7. The van der Waals surface area contributed by atoms with Crippen molar-refractivity contribution < 1.29 is 9.53 Å². The maximum absolute atomic E-state index is 11.4. The number of carbonyl (C=O) groups is 1. The molecule has 0 aromatic carbocycles. The molecule has 0 atom stereocenters. The molecule has 1 spiro atoms. The second-order valence-electron chi connectivity index (χ2n) is 4.11. The van der Waals surface area contributed by atoms with E-state index in [9.17, 15) is 4.79 Å².